The summed E-state index contributed by atoms with van der Waals surface area (Å²) < 4.78 is 14.0. The second-order valence-electron chi connectivity index (χ2n) is 6.96. The van der Waals surface area contributed by atoms with Crippen LogP contribution < -0.4 is 0 Å². The van der Waals surface area contributed by atoms with Crippen LogP contribution in [0.4, 0.5) is 4.39 Å². The van der Waals surface area contributed by atoms with Crippen LogP contribution in [0.1, 0.15) is 17.2 Å². The average Bonchev–Trinajstić information content (AvgIpc) is 3.28. The highest BCUT2D eigenvalue weighted by atomic mass is 32.2. The minimum atomic E-state index is -0.375. The number of aromatic nitrogens is 3. The molecule has 7 heteroatoms. The minimum Gasteiger partial charge on any atom is -0.334 e. The Morgan fingerprint density at radius 1 is 0.968 bits per heavy atom. The van der Waals surface area contributed by atoms with Crippen molar-refractivity contribution in [3.63, 3.8) is 0 Å². The van der Waals surface area contributed by atoms with E-state index < -0.39 is 0 Å². The van der Waals surface area contributed by atoms with E-state index >= 15 is 0 Å². The van der Waals surface area contributed by atoms with Crippen molar-refractivity contribution in [2.45, 2.75) is 11.2 Å². The number of nitrogens with one attached hydrogen (secondary N) is 1. The number of carbonyl (C=O) groups is 1. The van der Waals surface area contributed by atoms with Crippen molar-refractivity contribution in [2.75, 3.05) is 12.8 Å². The van der Waals surface area contributed by atoms with Gasteiger partial charge in [0.05, 0.1) is 17.4 Å². The summed E-state index contributed by atoms with van der Waals surface area (Å²) in [6.07, 6.45) is 0. The number of thioether (sulfide) groups is 1. The Hall–Kier alpha value is -3.45. The average molecular weight is 433 g/mol. The van der Waals surface area contributed by atoms with E-state index in [-0.39, 0.29) is 23.5 Å². The van der Waals surface area contributed by atoms with Crippen molar-refractivity contribution < 1.29 is 9.18 Å². The Morgan fingerprint density at radius 2 is 1.55 bits per heavy atom. The van der Waals surface area contributed by atoms with Gasteiger partial charge in [0.15, 0.2) is 5.82 Å². The highest BCUT2D eigenvalue weighted by Crippen LogP contribution is 2.29. The standard InChI is InChI=1S/C24H21FN4OS/c1-29(22(17-10-4-2-5-11-17)18-12-6-3-7-13-18)21(30)16-31-24-26-23(27-28-24)19-14-8-9-15-20(19)25/h2-15,22H,16H2,1H3,(H,26,27,28). The highest BCUT2D eigenvalue weighted by Gasteiger charge is 2.23. The quantitative estimate of drug-likeness (QED) is 0.420. The van der Waals surface area contributed by atoms with E-state index in [2.05, 4.69) is 15.2 Å². The van der Waals surface area contributed by atoms with Crippen molar-refractivity contribution in [3.8, 4) is 11.4 Å². The summed E-state index contributed by atoms with van der Waals surface area (Å²) in [5, 5.41) is 7.26. The van der Waals surface area contributed by atoms with Gasteiger partial charge in [-0.25, -0.2) is 9.37 Å². The third kappa shape index (κ3) is 4.83. The maximum atomic E-state index is 14.0. The second-order valence-corrected chi connectivity index (χ2v) is 7.91. The van der Waals surface area contributed by atoms with E-state index in [1.165, 1.54) is 17.8 Å². The first kappa shape index (κ1) is 20.8. The zero-order valence-corrected chi connectivity index (χ0v) is 17.7. The van der Waals surface area contributed by atoms with Gasteiger partial charge in [0.25, 0.3) is 0 Å². The number of aromatic amines is 1. The van der Waals surface area contributed by atoms with Crippen molar-refractivity contribution in [2.24, 2.45) is 0 Å². The van der Waals surface area contributed by atoms with Crippen LogP contribution in [0.15, 0.2) is 90.1 Å². The van der Waals surface area contributed by atoms with Gasteiger partial charge in [-0.05, 0) is 23.3 Å². The van der Waals surface area contributed by atoms with Crippen molar-refractivity contribution in [3.05, 3.63) is 102 Å². The fourth-order valence-electron chi connectivity index (χ4n) is 3.37. The molecular formula is C24H21FN4OS. The lowest BCUT2D eigenvalue weighted by Gasteiger charge is -2.29. The largest absolute Gasteiger partial charge is 0.334 e. The van der Waals surface area contributed by atoms with Gasteiger partial charge in [0.2, 0.25) is 11.1 Å². The van der Waals surface area contributed by atoms with Gasteiger partial charge in [-0.1, -0.05) is 84.6 Å². The third-order valence-electron chi connectivity index (χ3n) is 4.93. The normalized spacial score (nSPS) is 10.9. The molecule has 1 heterocycles. The molecular weight excluding hydrogens is 411 g/mol. The third-order valence-corrected chi connectivity index (χ3v) is 5.76. The number of benzene rings is 3. The van der Waals surface area contributed by atoms with Crippen LogP contribution in [0, 0.1) is 5.82 Å². The molecule has 4 aromatic rings. The number of amides is 1. The van der Waals surface area contributed by atoms with Gasteiger partial charge in [-0.3, -0.25) is 9.89 Å². The number of hydrogen-bond donors (Lipinski definition) is 1. The smallest absolute Gasteiger partial charge is 0.233 e. The second kappa shape index (κ2) is 9.57. The van der Waals surface area contributed by atoms with Gasteiger partial charge in [-0.2, -0.15) is 0 Å². The topological polar surface area (TPSA) is 61.9 Å². The Balaban J connectivity index is 1.48. The SMILES string of the molecule is CN(C(=O)CSc1n[nH]c(-c2ccccc2F)n1)C(c1ccccc1)c1ccccc1. The first-order valence-electron chi connectivity index (χ1n) is 9.79. The monoisotopic (exact) mass is 432 g/mol. The molecule has 0 spiro atoms. The molecule has 0 atom stereocenters. The van der Waals surface area contributed by atoms with Gasteiger partial charge < -0.3 is 4.90 Å². The van der Waals surface area contributed by atoms with Crippen molar-refractivity contribution in [1.82, 2.24) is 20.1 Å². The Kier molecular flexibility index (Phi) is 6.43. The number of hydrogen-bond acceptors (Lipinski definition) is 4. The number of halogens is 1. The summed E-state index contributed by atoms with van der Waals surface area (Å²) in [6, 6.07) is 26.0. The maximum absolute atomic E-state index is 14.0. The van der Waals surface area contributed by atoms with Crippen LogP contribution in [0.5, 0.6) is 0 Å². The van der Waals surface area contributed by atoms with Crippen molar-refractivity contribution >= 4 is 17.7 Å². The molecule has 3 aromatic carbocycles. The van der Waals surface area contributed by atoms with E-state index in [4.69, 9.17) is 0 Å². The van der Waals surface area contributed by atoms with Crippen LogP contribution in [-0.4, -0.2) is 38.8 Å². The molecule has 4 rings (SSSR count). The molecule has 0 aliphatic heterocycles. The lowest BCUT2D eigenvalue weighted by Crippen LogP contribution is -2.33. The molecule has 0 fully saturated rings. The van der Waals surface area contributed by atoms with Crippen LogP contribution >= 0.6 is 11.8 Å². The first-order chi connectivity index (χ1) is 15.1. The molecule has 31 heavy (non-hydrogen) atoms. The Labute approximate surface area is 184 Å². The number of rotatable bonds is 7. The minimum absolute atomic E-state index is 0.0556. The number of carbonyl (C=O) groups excluding carboxylic acids is 1. The molecule has 0 bridgehead atoms. The van der Waals surface area contributed by atoms with Crippen LogP contribution in [-0.2, 0) is 4.79 Å². The molecule has 0 aliphatic carbocycles. The number of H-pyrrole nitrogens is 1. The lowest BCUT2D eigenvalue weighted by molar-refractivity contribution is -0.128. The summed E-state index contributed by atoms with van der Waals surface area (Å²) in [7, 11) is 1.80. The summed E-state index contributed by atoms with van der Waals surface area (Å²) in [5.74, 6) is 0.0775. The van der Waals surface area contributed by atoms with Gasteiger partial charge in [-0.15, -0.1) is 5.10 Å². The summed E-state index contributed by atoms with van der Waals surface area (Å²) in [6.45, 7) is 0. The molecule has 0 unspecified atom stereocenters. The first-order valence-corrected chi connectivity index (χ1v) is 10.8. The van der Waals surface area contributed by atoms with Gasteiger partial charge in [0.1, 0.15) is 5.82 Å². The molecule has 0 radical (unpaired) electrons. The fourth-order valence-corrected chi connectivity index (χ4v) is 4.09. The molecule has 1 N–H and O–H groups in total. The van der Waals surface area contributed by atoms with E-state index in [1.807, 2.05) is 60.7 Å². The molecule has 5 nitrogen and oxygen atoms in total. The van der Waals surface area contributed by atoms with E-state index in [0.717, 1.165) is 11.1 Å². The molecule has 156 valence electrons. The molecule has 0 saturated carbocycles. The summed E-state index contributed by atoms with van der Waals surface area (Å²) >= 11 is 1.22. The van der Waals surface area contributed by atoms with E-state index in [9.17, 15) is 9.18 Å². The Bertz CT molecular complexity index is 1110. The molecule has 0 aliphatic rings. The van der Waals surface area contributed by atoms with Gasteiger partial charge in [0, 0.05) is 7.05 Å². The predicted molar refractivity (Wildman–Crippen MR) is 120 cm³/mol. The Morgan fingerprint density at radius 3 is 2.16 bits per heavy atom. The highest BCUT2D eigenvalue weighted by molar-refractivity contribution is 7.99. The lowest BCUT2D eigenvalue weighted by atomic mass is 9.97. The molecule has 1 aromatic heterocycles. The fraction of sp³-hybridized carbons (Fsp3) is 0.125. The predicted octanol–water partition coefficient (Wildman–Crippen LogP) is 4.95. The number of nitrogens with zero attached hydrogens (tertiary/aromatic N) is 3. The summed E-state index contributed by atoms with van der Waals surface area (Å²) in [5.41, 5.74) is 2.42. The maximum Gasteiger partial charge on any atom is 0.233 e. The zero-order chi connectivity index (χ0) is 21.6. The molecule has 1 amide bonds. The van der Waals surface area contributed by atoms with Crippen LogP contribution in [0.2, 0.25) is 0 Å². The summed E-state index contributed by atoms with van der Waals surface area (Å²) in [4.78, 5) is 19.1. The zero-order valence-electron chi connectivity index (χ0n) is 16.9. The van der Waals surface area contributed by atoms with E-state index in [0.29, 0.717) is 16.5 Å². The van der Waals surface area contributed by atoms with Crippen molar-refractivity contribution in [1.29, 1.82) is 0 Å². The van der Waals surface area contributed by atoms with Crippen LogP contribution in [0.3, 0.4) is 0 Å². The molecule has 0 saturated heterocycles. The van der Waals surface area contributed by atoms with Crippen LogP contribution in [0.25, 0.3) is 11.4 Å². The van der Waals surface area contributed by atoms with Gasteiger partial charge >= 0.3 is 0 Å². The van der Waals surface area contributed by atoms with E-state index in [1.54, 1.807) is 30.1 Å².